The Hall–Kier alpha value is -4.16. The van der Waals surface area contributed by atoms with Crippen LogP contribution in [0.3, 0.4) is 0 Å². The minimum Gasteiger partial charge on any atom is -0.366 e. The van der Waals surface area contributed by atoms with Gasteiger partial charge in [-0.3, -0.25) is 9.59 Å². The number of para-hydroxylation sites is 1. The minimum atomic E-state index is -0.967. The quantitative estimate of drug-likeness (QED) is 0.384. The molecule has 0 saturated carbocycles. The third-order valence-corrected chi connectivity index (χ3v) is 8.04. The lowest BCUT2D eigenvalue weighted by atomic mass is 10.0. The number of halogens is 2. The standard InChI is InChI=1S/C29H32F2N8O2/c1-17-33-26-24(38(17)19-11-13-36(2)14-12-19)8-6-22(28(26)37-15-10-18(32)16-37)34-29(41)23-7-9-25(40)39(35-23)27-20(30)4-3-5-21(27)31/h3-9,18-19H,10-16,32H2,1-2H3,(H,34,41)/t18-/m0/s1. The molecule has 4 aromatic rings. The van der Waals surface area contributed by atoms with Gasteiger partial charge in [-0.1, -0.05) is 6.07 Å². The van der Waals surface area contributed by atoms with Gasteiger partial charge in [0.2, 0.25) is 0 Å². The van der Waals surface area contributed by atoms with Crippen molar-refractivity contribution in [3.63, 3.8) is 0 Å². The van der Waals surface area contributed by atoms with Crippen molar-refractivity contribution in [1.29, 1.82) is 0 Å². The maximum atomic E-state index is 14.4. The Labute approximate surface area is 235 Å². The predicted molar refractivity (Wildman–Crippen MR) is 153 cm³/mol. The Morgan fingerprint density at radius 3 is 2.41 bits per heavy atom. The van der Waals surface area contributed by atoms with Crippen LogP contribution in [0.2, 0.25) is 0 Å². The minimum absolute atomic E-state index is 0.00763. The Morgan fingerprint density at radius 1 is 1.00 bits per heavy atom. The molecule has 0 bridgehead atoms. The van der Waals surface area contributed by atoms with Crippen molar-refractivity contribution < 1.29 is 13.6 Å². The molecule has 2 aliphatic rings. The number of nitrogens with two attached hydrogens (primary N) is 1. The molecule has 12 heteroatoms. The van der Waals surface area contributed by atoms with Crippen molar-refractivity contribution in [3.8, 4) is 5.69 Å². The molecular weight excluding hydrogens is 530 g/mol. The van der Waals surface area contributed by atoms with Gasteiger partial charge >= 0.3 is 0 Å². The number of nitrogens with one attached hydrogen (secondary N) is 1. The number of piperidine rings is 1. The van der Waals surface area contributed by atoms with Gasteiger partial charge in [-0.05, 0) is 76.7 Å². The Morgan fingerprint density at radius 2 is 1.73 bits per heavy atom. The molecule has 0 radical (unpaired) electrons. The summed E-state index contributed by atoms with van der Waals surface area (Å²) in [6, 6.07) is 9.65. The van der Waals surface area contributed by atoms with E-state index < -0.39 is 28.8 Å². The number of likely N-dealkylation sites (tertiary alicyclic amines) is 1. The third-order valence-electron chi connectivity index (χ3n) is 8.04. The monoisotopic (exact) mass is 562 g/mol. The number of amides is 1. The number of hydrogen-bond acceptors (Lipinski definition) is 7. The summed E-state index contributed by atoms with van der Waals surface area (Å²) in [5, 5.41) is 6.91. The van der Waals surface area contributed by atoms with E-state index >= 15 is 0 Å². The zero-order valence-corrected chi connectivity index (χ0v) is 23.0. The average molecular weight is 563 g/mol. The fraction of sp³-hybridized carbons (Fsp3) is 0.379. The van der Waals surface area contributed by atoms with E-state index in [9.17, 15) is 18.4 Å². The molecule has 1 atom stereocenters. The number of hydrogen-bond donors (Lipinski definition) is 2. The number of fused-ring (bicyclic) bond motifs is 1. The zero-order chi connectivity index (χ0) is 28.8. The van der Waals surface area contributed by atoms with Crippen LogP contribution in [0.5, 0.6) is 0 Å². The summed E-state index contributed by atoms with van der Waals surface area (Å²) in [6.07, 6.45) is 2.85. The van der Waals surface area contributed by atoms with Gasteiger partial charge in [0.25, 0.3) is 11.5 Å². The highest BCUT2D eigenvalue weighted by molar-refractivity contribution is 6.08. The molecule has 3 N–H and O–H groups in total. The van der Waals surface area contributed by atoms with E-state index in [1.165, 1.54) is 12.1 Å². The molecule has 2 saturated heterocycles. The van der Waals surface area contributed by atoms with Crippen molar-refractivity contribution in [2.45, 2.75) is 38.3 Å². The predicted octanol–water partition coefficient (Wildman–Crippen LogP) is 3.23. The maximum absolute atomic E-state index is 14.4. The molecule has 10 nitrogen and oxygen atoms in total. The van der Waals surface area contributed by atoms with Crippen LogP contribution in [0.4, 0.5) is 20.2 Å². The van der Waals surface area contributed by atoms with E-state index in [1.54, 1.807) is 0 Å². The number of imidazole rings is 1. The first-order valence-corrected chi connectivity index (χ1v) is 13.8. The molecule has 2 fully saturated rings. The van der Waals surface area contributed by atoms with Crippen molar-refractivity contribution in [2.24, 2.45) is 5.73 Å². The van der Waals surface area contributed by atoms with Gasteiger partial charge in [-0.2, -0.15) is 9.78 Å². The fourth-order valence-electron chi connectivity index (χ4n) is 5.96. The van der Waals surface area contributed by atoms with Gasteiger partial charge in [0.1, 0.15) is 22.7 Å². The van der Waals surface area contributed by atoms with Crippen LogP contribution in [-0.4, -0.2) is 69.4 Å². The lowest BCUT2D eigenvalue weighted by molar-refractivity contribution is 0.102. The second-order valence-corrected chi connectivity index (χ2v) is 10.9. The SMILES string of the molecule is Cc1nc2c(N3CC[C@H](N)C3)c(NC(=O)c3ccc(=O)n(-c4c(F)cccc4F)n3)ccc2n1C1CCN(C)CC1. The van der Waals surface area contributed by atoms with Crippen molar-refractivity contribution >= 4 is 28.3 Å². The Balaban J connectivity index is 1.40. The normalized spacial score (nSPS) is 18.4. The molecule has 0 unspecified atom stereocenters. The number of carbonyl (C=O) groups excluding carboxylic acids is 1. The Bertz CT molecular complexity index is 1670. The second kappa shape index (κ2) is 10.7. The van der Waals surface area contributed by atoms with Crippen LogP contribution < -0.4 is 21.5 Å². The molecular formula is C29H32F2N8O2. The summed E-state index contributed by atoms with van der Waals surface area (Å²) in [5.41, 5.74) is 7.73. The number of aryl methyl sites for hydroxylation is 1. The molecule has 0 spiro atoms. The van der Waals surface area contributed by atoms with Crippen LogP contribution in [0, 0.1) is 18.6 Å². The summed E-state index contributed by atoms with van der Waals surface area (Å²) in [5.74, 6) is -1.66. The summed E-state index contributed by atoms with van der Waals surface area (Å²) in [4.78, 5) is 35.3. The first kappa shape index (κ1) is 27.0. The largest absolute Gasteiger partial charge is 0.366 e. The van der Waals surface area contributed by atoms with Gasteiger partial charge in [-0.25, -0.2) is 13.8 Å². The van der Waals surface area contributed by atoms with Crippen LogP contribution in [0.15, 0.2) is 47.3 Å². The van der Waals surface area contributed by atoms with Gasteiger partial charge < -0.3 is 25.4 Å². The van der Waals surface area contributed by atoms with Crippen LogP contribution in [0.25, 0.3) is 16.7 Å². The molecule has 2 aromatic carbocycles. The molecule has 2 aliphatic heterocycles. The number of nitrogens with zero attached hydrogens (tertiary/aromatic N) is 6. The van der Waals surface area contributed by atoms with E-state index in [0.717, 1.165) is 73.1 Å². The first-order chi connectivity index (χ1) is 19.7. The summed E-state index contributed by atoms with van der Waals surface area (Å²) >= 11 is 0. The maximum Gasteiger partial charge on any atom is 0.276 e. The second-order valence-electron chi connectivity index (χ2n) is 10.9. The molecule has 0 aliphatic carbocycles. The summed E-state index contributed by atoms with van der Waals surface area (Å²) < 4.78 is 31.7. The highest BCUT2D eigenvalue weighted by Gasteiger charge is 2.29. The summed E-state index contributed by atoms with van der Waals surface area (Å²) in [7, 11) is 2.13. The molecule has 4 heterocycles. The van der Waals surface area contributed by atoms with Gasteiger partial charge in [-0.15, -0.1) is 0 Å². The van der Waals surface area contributed by atoms with E-state index in [0.29, 0.717) is 29.5 Å². The lowest BCUT2D eigenvalue weighted by Crippen LogP contribution is -2.31. The number of rotatable bonds is 5. The van der Waals surface area contributed by atoms with Crippen molar-refractivity contribution in [1.82, 2.24) is 24.2 Å². The number of anilines is 2. The van der Waals surface area contributed by atoms with E-state index in [4.69, 9.17) is 10.7 Å². The molecule has 1 amide bonds. The Kier molecular flexibility index (Phi) is 7.04. The fourth-order valence-corrected chi connectivity index (χ4v) is 5.96. The van der Waals surface area contributed by atoms with Crippen LogP contribution >= 0.6 is 0 Å². The topological polar surface area (TPSA) is 114 Å². The van der Waals surface area contributed by atoms with Gasteiger partial charge in [0, 0.05) is 31.2 Å². The molecule has 41 heavy (non-hydrogen) atoms. The first-order valence-electron chi connectivity index (χ1n) is 13.8. The van der Waals surface area contributed by atoms with E-state index in [1.807, 2.05) is 19.1 Å². The van der Waals surface area contributed by atoms with Crippen LogP contribution in [-0.2, 0) is 0 Å². The number of benzene rings is 2. The van der Waals surface area contributed by atoms with E-state index in [2.05, 4.69) is 31.8 Å². The van der Waals surface area contributed by atoms with Crippen molar-refractivity contribution in [3.05, 3.63) is 76.0 Å². The highest BCUT2D eigenvalue weighted by Crippen LogP contribution is 2.39. The molecule has 214 valence electrons. The number of carbonyl (C=O) groups is 1. The van der Waals surface area contributed by atoms with Crippen LogP contribution in [0.1, 0.15) is 41.6 Å². The third kappa shape index (κ3) is 4.97. The zero-order valence-electron chi connectivity index (χ0n) is 23.0. The smallest absolute Gasteiger partial charge is 0.276 e. The molecule has 6 rings (SSSR count). The lowest BCUT2D eigenvalue weighted by Gasteiger charge is -2.31. The van der Waals surface area contributed by atoms with E-state index in [-0.39, 0.29) is 11.7 Å². The van der Waals surface area contributed by atoms with Crippen molar-refractivity contribution in [2.75, 3.05) is 43.4 Å². The average Bonchev–Trinajstić information content (AvgIpc) is 3.52. The molecule has 2 aromatic heterocycles. The summed E-state index contributed by atoms with van der Waals surface area (Å²) in [6.45, 7) is 5.34. The van der Waals surface area contributed by atoms with Gasteiger partial charge in [0.15, 0.2) is 11.6 Å². The van der Waals surface area contributed by atoms with Gasteiger partial charge in [0.05, 0.1) is 16.9 Å². The number of aromatic nitrogens is 4. The highest BCUT2D eigenvalue weighted by atomic mass is 19.1.